The normalized spacial score (nSPS) is 10.4. The minimum Gasteiger partial charge on any atom is -0.346 e. The summed E-state index contributed by atoms with van der Waals surface area (Å²) in [5.41, 5.74) is 0.859. The largest absolute Gasteiger partial charge is 0.346 e. The summed E-state index contributed by atoms with van der Waals surface area (Å²) in [5.74, 6) is -1.18. The Morgan fingerprint density at radius 2 is 1.96 bits per heavy atom. The quantitative estimate of drug-likeness (QED) is 0.479. The van der Waals surface area contributed by atoms with E-state index in [0.717, 1.165) is 18.2 Å². The first kappa shape index (κ1) is 19.6. The van der Waals surface area contributed by atoms with E-state index < -0.39 is 11.7 Å². The SMILES string of the molecule is CCCc1cc(=O)[nH]c(SCC(=O)NCC(=O)Nc2ccc(F)cc2)n1. The summed E-state index contributed by atoms with van der Waals surface area (Å²) < 4.78 is 12.8. The first-order valence-corrected chi connectivity index (χ1v) is 9.00. The van der Waals surface area contributed by atoms with Crippen molar-refractivity contribution >= 4 is 29.3 Å². The summed E-state index contributed by atoms with van der Waals surface area (Å²) in [6.45, 7) is 1.77. The molecule has 26 heavy (non-hydrogen) atoms. The van der Waals surface area contributed by atoms with Gasteiger partial charge in [-0.2, -0.15) is 0 Å². The van der Waals surface area contributed by atoms with Crippen molar-refractivity contribution in [3.63, 3.8) is 0 Å². The topological polar surface area (TPSA) is 104 Å². The summed E-state index contributed by atoms with van der Waals surface area (Å²) in [7, 11) is 0. The summed E-state index contributed by atoms with van der Waals surface area (Å²) in [6, 6.07) is 6.75. The maximum Gasteiger partial charge on any atom is 0.251 e. The molecule has 0 saturated heterocycles. The highest BCUT2D eigenvalue weighted by Crippen LogP contribution is 2.11. The molecule has 0 unspecified atom stereocenters. The van der Waals surface area contributed by atoms with Gasteiger partial charge < -0.3 is 15.6 Å². The van der Waals surface area contributed by atoms with Crippen molar-refractivity contribution in [3.8, 4) is 0 Å². The third kappa shape index (κ3) is 6.67. The van der Waals surface area contributed by atoms with Crippen LogP contribution in [0.4, 0.5) is 10.1 Å². The van der Waals surface area contributed by atoms with Crippen LogP contribution in [0.3, 0.4) is 0 Å². The highest BCUT2D eigenvalue weighted by Gasteiger charge is 2.09. The van der Waals surface area contributed by atoms with Crippen LogP contribution in [0.1, 0.15) is 19.0 Å². The van der Waals surface area contributed by atoms with E-state index in [2.05, 4.69) is 20.6 Å². The second-order valence-electron chi connectivity index (χ2n) is 5.41. The number of nitrogens with zero attached hydrogens (tertiary/aromatic N) is 1. The van der Waals surface area contributed by atoms with E-state index in [9.17, 15) is 18.8 Å². The van der Waals surface area contributed by atoms with Gasteiger partial charge >= 0.3 is 0 Å². The Hall–Kier alpha value is -2.68. The van der Waals surface area contributed by atoms with Crippen LogP contribution in [-0.2, 0) is 16.0 Å². The van der Waals surface area contributed by atoms with Crippen molar-refractivity contribution in [2.45, 2.75) is 24.9 Å². The molecule has 0 radical (unpaired) electrons. The molecule has 0 bridgehead atoms. The number of carbonyl (C=O) groups excluding carboxylic acids is 2. The van der Waals surface area contributed by atoms with Crippen LogP contribution in [0, 0.1) is 5.82 Å². The van der Waals surface area contributed by atoms with E-state index in [0.29, 0.717) is 23.0 Å². The molecule has 0 atom stereocenters. The van der Waals surface area contributed by atoms with Crippen LogP contribution in [0.5, 0.6) is 0 Å². The van der Waals surface area contributed by atoms with Gasteiger partial charge in [0.1, 0.15) is 5.82 Å². The molecule has 0 saturated carbocycles. The van der Waals surface area contributed by atoms with Crippen molar-refractivity contribution in [1.29, 1.82) is 0 Å². The Balaban J connectivity index is 1.77. The fourth-order valence-electron chi connectivity index (χ4n) is 2.04. The molecule has 2 rings (SSSR count). The monoisotopic (exact) mass is 378 g/mol. The molecule has 1 aromatic carbocycles. The Bertz CT molecular complexity index is 824. The minimum absolute atomic E-state index is 0.0162. The van der Waals surface area contributed by atoms with Crippen molar-refractivity contribution in [2.24, 2.45) is 0 Å². The van der Waals surface area contributed by atoms with Gasteiger partial charge in [-0.25, -0.2) is 9.37 Å². The number of thioether (sulfide) groups is 1. The number of carbonyl (C=O) groups is 2. The predicted molar refractivity (Wildman–Crippen MR) is 97.6 cm³/mol. The number of rotatable bonds is 8. The van der Waals surface area contributed by atoms with E-state index in [4.69, 9.17) is 0 Å². The average molecular weight is 378 g/mol. The predicted octanol–water partition coefficient (Wildman–Crippen LogP) is 1.71. The summed E-state index contributed by atoms with van der Waals surface area (Å²) >= 11 is 1.09. The zero-order chi connectivity index (χ0) is 18.9. The molecule has 7 nitrogen and oxygen atoms in total. The molecule has 2 amide bonds. The number of amides is 2. The first-order chi connectivity index (χ1) is 12.5. The van der Waals surface area contributed by atoms with E-state index in [-0.39, 0.29) is 23.8 Å². The summed E-state index contributed by atoms with van der Waals surface area (Å²) in [4.78, 5) is 42.0. The van der Waals surface area contributed by atoms with Gasteiger partial charge in [0.15, 0.2) is 5.16 Å². The van der Waals surface area contributed by atoms with Gasteiger partial charge in [0.25, 0.3) is 5.56 Å². The van der Waals surface area contributed by atoms with E-state index in [1.54, 1.807) is 0 Å². The maximum absolute atomic E-state index is 12.8. The lowest BCUT2D eigenvalue weighted by atomic mass is 10.2. The van der Waals surface area contributed by atoms with Crippen LogP contribution in [-0.4, -0.2) is 34.1 Å². The van der Waals surface area contributed by atoms with Gasteiger partial charge in [-0.3, -0.25) is 14.4 Å². The highest BCUT2D eigenvalue weighted by atomic mass is 32.2. The lowest BCUT2D eigenvalue weighted by molar-refractivity contribution is -0.122. The van der Waals surface area contributed by atoms with Crippen LogP contribution >= 0.6 is 11.8 Å². The number of nitrogens with one attached hydrogen (secondary N) is 3. The number of anilines is 1. The molecule has 0 aliphatic carbocycles. The van der Waals surface area contributed by atoms with Crippen LogP contribution < -0.4 is 16.2 Å². The number of benzene rings is 1. The lowest BCUT2D eigenvalue weighted by Gasteiger charge is -2.07. The molecule has 9 heteroatoms. The van der Waals surface area contributed by atoms with E-state index >= 15 is 0 Å². The fourth-order valence-corrected chi connectivity index (χ4v) is 2.76. The maximum atomic E-state index is 12.8. The smallest absolute Gasteiger partial charge is 0.251 e. The van der Waals surface area contributed by atoms with Crippen molar-refractivity contribution < 1.29 is 14.0 Å². The number of aromatic amines is 1. The molecule has 0 aliphatic heterocycles. The molecule has 0 aliphatic rings. The van der Waals surface area contributed by atoms with Gasteiger partial charge in [0, 0.05) is 17.4 Å². The third-order valence-electron chi connectivity index (χ3n) is 3.19. The molecule has 138 valence electrons. The first-order valence-electron chi connectivity index (χ1n) is 8.01. The second kappa shape index (κ2) is 9.71. The number of H-pyrrole nitrogens is 1. The molecule has 2 aromatic rings. The van der Waals surface area contributed by atoms with E-state index in [1.165, 1.54) is 30.3 Å². The molecule has 3 N–H and O–H groups in total. The zero-order valence-electron chi connectivity index (χ0n) is 14.2. The fraction of sp³-hybridized carbons (Fsp3) is 0.294. The van der Waals surface area contributed by atoms with Crippen molar-refractivity contribution in [2.75, 3.05) is 17.6 Å². The Morgan fingerprint density at radius 3 is 2.65 bits per heavy atom. The van der Waals surface area contributed by atoms with Crippen LogP contribution in [0.25, 0.3) is 0 Å². The molecule has 1 heterocycles. The molecule has 0 fully saturated rings. The number of hydrogen-bond donors (Lipinski definition) is 3. The average Bonchev–Trinajstić information content (AvgIpc) is 2.60. The molecular weight excluding hydrogens is 359 g/mol. The third-order valence-corrected chi connectivity index (χ3v) is 4.07. The number of halogens is 1. The minimum atomic E-state index is -0.425. The van der Waals surface area contributed by atoms with Crippen molar-refractivity contribution in [1.82, 2.24) is 15.3 Å². The highest BCUT2D eigenvalue weighted by molar-refractivity contribution is 7.99. The number of hydrogen-bond acceptors (Lipinski definition) is 5. The van der Waals surface area contributed by atoms with Crippen molar-refractivity contribution in [3.05, 3.63) is 52.2 Å². The summed E-state index contributed by atoms with van der Waals surface area (Å²) in [5, 5.41) is 5.38. The van der Waals surface area contributed by atoms with Gasteiger partial charge in [0.05, 0.1) is 12.3 Å². The molecule has 0 spiro atoms. The van der Waals surface area contributed by atoms with Gasteiger partial charge in [-0.05, 0) is 30.7 Å². The Labute approximate surface area is 153 Å². The lowest BCUT2D eigenvalue weighted by Crippen LogP contribution is -2.34. The number of aromatic nitrogens is 2. The second-order valence-corrected chi connectivity index (χ2v) is 6.38. The molecular formula is C17H19FN4O3S. The van der Waals surface area contributed by atoms with Crippen LogP contribution in [0.15, 0.2) is 40.3 Å². The summed E-state index contributed by atoms with van der Waals surface area (Å²) in [6.07, 6.45) is 1.55. The zero-order valence-corrected chi connectivity index (χ0v) is 15.0. The Morgan fingerprint density at radius 1 is 1.23 bits per heavy atom. The van der Waals surface area contributed by atoms with Crippen LogP contribution in [0.2, 0.25) is 0 Å². The van der Waals surface area contributed by atoms with Gasteiger partial charge in [0.2, 0.25) is 11.8 Å². The molecule has 1 aromatic heterocycles. The van der Waals surface area contributed by atoms with Gasteiger partial charge in [-0.1, -0.05) is 25.1 Å². The van der Waals surface area contributed by atoms with E-state index in [1.807, 2.05) is 6.92 Å². The Kier molecular flexibility index (Phi) is 7.34. The number of aryl methyl sites for hydroxylation is 1. The van der Waals surface area contributed by atoms with Gasteiger partial charge in [-0.15, -0.1) is 0 Å². The standard InChI is InChI=1S/C17H19FN4O3S/c1-2-3-13-8-14(23)22-17(21-13)26-10-16(25)19-9-15(24)20-12-6-4-11(18)5-7-12/h4-8H,2-3,9-10H2,1H3,(H,19,25)(H,20,24)(H,21,22,23).